The fourth-order valence-corrected chi connectivity index (χ4v) is 5.73. The van der Waals surface area contributed by atoms with Crippen LogP contribution in [0.25, 0.3) is 5.57 Å². The normalized spacial score (nSPS) is 12.5. The van der Waals surface area contributed by atoms with Crippen LogP contribution in [0.15, 0.2) is 174 Å². The first-order valence-corrected chi connectivity index (χ1v) is 14.0. The quantitative estimate of drug-likeness (QED) is 0.190. The third-order valence-electron chi connectivity index (χ3n) is 6.67. The van der Waals surface area contributed by atoms with Crippen LogP contribution in [0.1, 0.15) is 5.56 Å². The van der Waals surface area contributed by atoms with Gasteiger partial charge in [0.25, 0.3) is 0 Å². The lowest BCUT2D eigenvalue weighted by molar-refractivity contribution is 1.17. The van der Waals surface area contributed by atoms with Crippen LogP contribution < -0.4 is 15.5 Å². The van der Waals surface area contributed by atoms with Crippen molar-refractivity contribution in [2.45, 2.75) is 9.79 Å². The SMILES string of the molecule is C=C(/C(=C\C=C/Nc1ccc(N2c3ccccc3Sc3ccccc32)cc1)Nc1ccccc1)c1ccccc1. The summed E-state index contributed by atoms with van der Waals surface area (Å²) in [4.78, 5) is 4.85. The molecule has 1 aliphatic rings. The molecular formula is C36H29N3S. The molecule has 0 radical (unpaired) electrons. The van der Waals surface area contributed by atoms with Crippen molar-refractivity contribution >= 4 is 45.8 Å². The highest BCUT2D eigenvalue weighted by molar-refractivity contribution is 7.99. The molecule has 3 nitrogen and oxygen atoms in total. The van der Waals surface area contributed by atoms with Crippen LogP contribution >= 0.6 is 11.8 Å². The average Bonchev–Trinajstić information content (AvgIpc) is 3.02. The van der Waals surface area contributed by atoms with E-state index >= 15 is 0 Å². The van der Waals surface area contributed by atoms with Gasteiger partial charge in [-0.25, -0.2) is 0 Å². The molecule has 0 spiro atoms. The molecular weight excluding hydrogens is 506 g/mol. The van der Waals surface area contributed by atoms with Gasteiger partial charge in [-0.2, -0.15) is 0 Å². The average molecular weight is 536 g/mol. The standard InChI is InChI=1S/C36H29N3S/c1-27(28-13-4-2-5-14-28)32(38-30-15-6-3-7-16-30)17-12-26-37-29-22-24-31(25-23-29)39-33-18-8-10-20-35(33)40-36-21-11-9-19-34(36)39/h2-26,37-38H,1H2/b26-12-,32-17+. The van der Waals surface area contributed by atoms with Crippen LogP contribution in [0.4, 0.5) is 28.4 Å². The van der Waals surface area contributed by atoms with Gasteiger partial charge in [0.1, 0.15) is 0 Å². The summed E-state index contributed by atoms with van der Waals surface area (Å²) in [6.07, 6.45) is 5.99. The number of benzene rings is 5. The Morgan fingerprint density at radius 3 is 1.85 bits per heavy atom. The summed E-state index contributed by atoms with van der Waals surface area (Å²) in [5.41, 5.74) is 8.51. The predicted octanol–water partition coefficient (Wildman–Crippen LogP) is 10.3. The fourth-order valence-electron chi connectivity index (χ4n) is 4.67. The lowest BCUT2D eigenvalue weighted by atomic mass is 10.0. The van der Waals surface area contributed by atoms with Gasteiger partial charge in [-0.15, -0.1) is 0 Å². The third kappa shape index (κ3) is 5.58. The molecule has 40 heavy (non-hydrogen) atoms. The zero-order valence-electron chi connectivity index (χ0n) is 22.0. The van der Waals surface area contributed by atoms with Crippen molar-refractivity contribution in [3.8, 4) is 0 Å². The first-order valence-electron chi connectivity index (χ1n) is 13.2. The molecule has 1 heterocycles. The monoisotopic (exact) mass is 535 g/mol. The van der Waals surface area contributed by atoms with Crippen LogP contribution in [0, 0.1) is 0 Å². The number of nitrogens with zero attached hydrogens (tertiary/aromatic N) is 1. The van der Waals surface area contributed by atoms with Gasteiger partial charge in [0, 0.05) is 38.8 Å². The minimum absolute atomic E-state index is 0.929. The van der Waals surface area contributed by atoms with E-state index in [1.807, 2.05) is 78.6 Å². The lowest BCUT2D eigenvalue weighted by Gasteiger charge is -2.32. The lowest BCUT2D eigenvalue weighted by Crippen LogP contribution is -2.14. The molecule has 0 fully saturated rings. The molecule has 0 bridgehead atoms. The summed E-state index contributed by atoms with van der Waals surface area (Å²) < 4.78 is 0. The summed E-state index contributed by atoms with van der Waals surface area (Å²) in [6, 6.07) is 46.1. The maximum absolute atomic E-state index is 4.35. The van der Waals surface area contributed by atoms with Crippen LogP contribution in [0.2, 0.25) is 0 Å². The second-order valence-electron chi connectivity index (χ2n) is 9.34. The third-order valence-corrected chi connectivity index (χ3v) is 7.80. The Balaban J connectivity index is 1.20. The Labute approximate surface area is 240 Å². The highest BCUT2D eigenvalue weighted by Crippen LogP contribution is 2.51. The van der Waals surface area contributed by atoms with Crippen molar-refractivity contribution in [3.63, 3.8) is 0 Å². The number of fused-ring (bicyclic) bond motifs is 2. The molecule has 4 heteroatoms. The van der Waals surface area contributed by atoms with Gasteiger partial charge < -0.3 is 15.5 Å². The van der Waals surface area contributed by atoms with Gasteiger partial charge in [-0.3, -0.25) is 0 Å². The molecule has 5 aromatic rings. The van der Waals surface area contributed by atoms with E-state index < -0.39 is 0 Å². The van der Waals surface area contributed by atoms with Crippen molar-refractivity contribution in [2.24, 2.45) is 0 Å². The van der Waals surface area contributed by atoms with E-state index in [0.717, 1.165) is 33.9 Å². The molecule has 0 atom stereocenters. The predicted molar refractivity (Wildman–Crippen MR) is 172 cm³/mol. The molecule has 2 N–H and O–H groups in total. The number of nitrogens with one attached hydrogen (secondary N) is 2. The smallest absolute Gasteiger partial charge is 0.0601 e. The fraction of sp³-hybridized carbons (Fsp3) is 0. The highest BCUT2D eigenvalue weighted by atomic mass is 32.2. The second-order valence-corrected chi connectivity index (χ2v) is 10.4. The molecule has 0 aliphatic carbocycles. The van der Waals surface area contributed by atoms with E-state index in [4.69, 9.17) is 0 Å². The number of para-hydroxylation sites is 3. The van der Waals surface area contributed by atoms with Crippen LogP contribution in [0.3, 0.4) is 0 Å². The van der Waals surface area contributed by atoms with E-state index in [1.165, 1.54) is 21.2 Å². The second kappa shape index (κ2) is 11.9. The molecule has 0 saturated carbocycles. The van der Waals surface area contributed by atoms with E-state index in [9.17, 15) is 0 Å². The topological polar surface area (TPSA) is 27.3 Å². The maximum Gasteiger partial charge on any atom is 0.0601 e. The van der Waals surface area contributed by atoms with Crippen LogP contribution in [-0.4, -0.2) is 0 Å². The molecule has 0 saturated heterocycles. The number of hydrogen-bond donors (Lipinski definition) is 2. The Kier molecular flexibility index (Phi) is 7.51. The Morgan fingerprint density at radius 2 is 1.20 bits per heavy atom. The summed E-state index contributed by atoms with van der Waals surface area (Å²) >= 11 is 1.82. The molecule has 0 aromatic heterocycles. The van der Waals surface area contributed by atoms with E-state index in [1.54, 1.807) is 0 Å². The van der Waals surface area contributed by atoms with Gasteiger partial charge in [0.2, 0.25) is 0 Å². The summed E-state index contributed by atoms with van der Waals surface area (Å²) in [6.45, 7) is 4.35. The zero-order chi connectivity index (χ0) is 27.1. The number of hydrogen-bond acceptors (Lipinski definition) is 4. The van der Waals surface area contributed by atoms with Crippen molar-refractivity contribution in [1.82, 2.24) is 0 Å². The molecule has 194 valence electrons. The summed E-state index contributed by atoms with van der Waals surface area (Å²) in [7, 11) is 0. The first-order chi connectivity index (χ1) is 19.8. The van der Waals surface area contributed by atoms with Gasteiger partial charge in [-0.05, 0) is 84.0 Å². The van der Waals surface area contributed by atoms with Crippen molar-refractivity contribution < 1.29 is 0 Å². The van der Waals surface area contributed by atoms with Crippen molar-refractivity contribution in [2.75, 3.05) is 15.5 Å². The number of allylic oxidation sites excluding steroid dienone is 3. The Bertz CT molecular complexity index is 1630. The van der Waals surface area contributed by atoms with Gasteiger partial charge >= 0.3 is 0 Å². The Hall–Kier alpha value is -4.93. The maximum atomic E-state index is 4.35. The Morgan fingerprint density at radius 1 is 0.625 bits per heavy atom. The van der Waals surface area contributed by atoms with E-state index in [0.29, 0.717) is 0 Å². The van der Waals surface area contributed by atoms with Crippen molar-refractivity contribution in [3.05, 3.63) is 170 Å². The largest absolute Gasteiger partial charge is 0.362 e. The van der Waals surface area contributed by atoms with Crippen molar-refractivity contribution in [1.29, 1.82) is 0 Å². The molecule has 5 aromatic carbocycles. The molecule has 0 amide bonds. The van der Waals surface area contributed by atoms with Crippen LogP contribution in [-0.2, 0) is 0 Å². The molecule has 6 rings (SSSR count). The number of rotatable bonds is 8. The van der Waals surface area contributed by atoms with E-state index in [2.05, 4.69) is 107 Å². The van der Waals surface area contributed by atoms with Crippen LogP contribution in [0.5, 0.6) is 0 Å². The minimum Gasteiger partial charge on any atom is -0.362 e. The highest BCUT2D eigenvalue weighted by Gasteiger charge is 2.23. The number of anilines is 5. The van der Waals surface area contributed by atoms with Gasteiger partial charge in [0.05, 0.1) is 11.4 Å². The minimum atomic E-state index is 0.929. The zero-order valence-corrected chi connectivity index (χ0v) is 22.8. The first kappa shape index (κ1) is 25.4. The van der Waals surface area contributed by atoms with E-state index in [-0.39, 0.29) is 0 Å². The molecule has 0 unspecified atom stereocenters. The summed E-state index contributed by atoms with van der Waals surface area (Å²) in [5.74, 6) is 0. The van der Waals surface area contributed by atoms with Gasteiger partial charge in [-0.1, -0.05) is 91.1 Å². The summed E-state index contributed by atoms with van der Waals surface area (Å²) in [5, 5.41) is 6.92. The van der Waals surface area contributed by atoms with Gasteiger partial charge in [0.15, 0.2) is 0 Å². The molecule has 1 aliphatic heterocycles.